The molecule has 0 aliphatic carbocycles. The fourth-order valence-corrected chi connectivity index (χ4v) is 3.09. The van der Waals surface area contributed by atoms with Crippen LogP contribution in [0.2, 0.25) is 0 Å². The van der Waals surface area contributed by atoms with E-state index in [0.29, 0.717) is 25.1 Å². The summed E-state index contributed by atoms with van der Waals surface area (Å²) in [6.07, 6.45) is 4.39. The average molecular weight is 490 g/mol. The zero-order valence-electron chi connectivity index (χ0n) is 17.5. The summed E-state index contributed by atoms with van der Waals surface area (Å²) in [7, 11) is 0. The van der Waals surface area contributed by atoms with Crippen LogP contribution in [0.25, 0.3) is 0 Å². The molecular weight excluding hydrogens is 458 g/mol. The minimum Gasteiger partial charge on any atom is -0.480 e. The minimum atomic E-state index is -1.26. The average Bonchev–Trinajstić information content (AvgIpc) is 3.28. The lowest BCUT2D eigenvalue weighted by Gasteiger charge is -2.24. The number of nitrogens with one attached hydrogen (secondary N) is 4. The maximum atomic E-state index is 13.0. The van der Waals surface area contributed by atoms with E-state index in [2.05, 4.69) is 51.2 Å². The number of H-pyrrole nitrogens is 1. The highest BCUT2D eigenvalue weighted by Crippen LogP contribution is 2.05. The molecule has 1 rings (SSSR count). The number of aromatic nitrogens is 2. The van der Waals surface area contributed by atoms with Crippen molar-refractivity contribution in [3.8, 4) is 0 Å². The molecule has 1 aromatic rings. The number of carboxylic acids is 1. The summed E-state index contributed by atoms with van der Waals surface area (Å²) < 4.78 is 0. The number of carboxylic acid groups (broad SMARTS) is 1. The topological polar surface area (TPSA) is 205 Å². The molecule has 0 aliphatic rings. The van der Waals surface area contributed by atoms with E-state index in [1.165, 1.54) is 12.5 Å². The normalized spacial score (nSPS) is 14.6. The van der Waals surface area contributed by atoms with Crippen LogP contribution >= 0.6 is 25.3 Å². The van der Waals surface area contributed by atoms with Gasteiger partial charge in [0.15, 0.2) is 0 Å². The first kappa shape index (κ1) is 27.7. The summed E-state index contributed by atoms with van der Waals surface area (Å²) in [5.74, 6) is -3.18. The number of aromatic amines is 1. The van der Waals surface area contributed by atoms with Crippen LogP contribution in [0.4, 0.5) is 0 Å². The molecule has 12 nitrogen and oxygen atoms in total. The summed E-state index contributed by atoms with van der Waals surface area (Å²) in [4.78, 5) is 55.9. The molecule has 4 unspecified atom stereocenters. The Balaban J connectivity index is 2.99. The first-order valence-corrected chi connectivity index (χ1v) is 11.3. The highest BCUT2D eigenvalue weighted by atomic mass is 32.1. The fraction of sp³-hybridized carbons (Fsp3) is 0.611. The van der Waals surface area contributed by atoms with Gasteiger partial charge in [0, 0.05) is 29.8 Å². The second-order valence-electron chi connectivity index (χ2n) is 7.06. The third-order valence-electron chi connectivity index (χ3n) is 4.52. The third kappa shape index (κ3) is 9.46. The number of imidazole rings is 1. The van der Waals surface area contributed by atoms with Crippen LogP contribution in [0, 0.1) is 0 Å². The minimum absolute atomic E-state index is 0.0239. The van der Waals surface area contributed by atoms with Crippen LogP contribution < -0.4 is 27.4 Å². The molecule has 0 spiro atoms. The number of nitrogens with zero attached hydrogens (tertiary/aromatic N) is 1. The standard InChI is InChI=1S/C18H31N7O5S2/c19-4-2-1-3-12(23-15(26)11(20)7-31)16(27)24-13(5-10-6-21-9-22-10)17(28)25-14(8-32)18(29)30/h6,9,11-14,31-32H,1-5,7-8,19-20H2,(H,21,22)(H,23,26)(H,24,27)(H,25,28)(H,29,30). The van der Waals surface area contributed by atoms with Crippen molar-refractivity contribution < 1.29 is 24.3 Å². The number of aliphatic carboxylic acids is 1. The van der Waals surface area contributed by atoms with Crippen molar-refractivity contribution in [2.45, 2.75) is 49.9 Å². The van der Waals surface area contributed by atoms with E-state index in [1.54, 1.807) is 0 Å². The van der Waals surface area contributed by atoms with E-state index < -0.39 is 47.9 Å². The summed E-state index contributed by atoms with van der Waals surface area (Å²) in [5.41, 5.74) is 11.7. The molecule has 1 aromatic heterocycles. The van der Waals surface area contributed by atoms with Crippen molar-refractivity contribution in [1.82, 2.24) is 25.9 Å². The Hall–Kier alpha value is -2.29. The Labute approximate surface area is 196 Å². The Morgan fingerprint density at radius 1 is 1.00 bits per heavy atom. The Morgan fingerprint density at radius 3 is 2.16 bits per heavy atom. The second-order valence-corrected chi connectivity index (χ2v) is 7.79. The zero-order chi connectivity index (χ0) is 24.1. The van der Waals surface area contributed by atoms with Crippen LogP contribution in [-0.2, 0) is 25.6 Å². The van der Waals surface area contributed by atoms with E-state index in [-0.39, 0.29) is 24.3 Å². The van der Waals surface area contributed by atoms with Crippen LogP contribution in [0.3, 0.4) is 0 Å². The van der Waals surface area contributed by atoms with E-state index in [9.17, 15) is 24.3 Å². The van der Waals surface area contributed by atoms with E-state index >= 15 is 0 Å². The first-order valence-electron chi connectivity index (χ1n) is 10.0. The predicted molar refractivity (Wildman–Crippen MR) is 124 cm³/mol. The number of thiol groups is 2. The van der Waals surface area contributed by atoms with Gasteiger partial charge in [0.05, 0.1) is 12.4 Å². The summed E-state index contributed by atoms with van der Waals surface area (Å²) >= 11 is 7.91. The molecule has 14 heteroatoms. The van der Waals surface area contributed by atoms with E-state index in [4.69, 9.17) is 11.5 Å². The van der Waals surface area contributed by atoms with Gasteiger partial charge in [-0.25, -0.2) is 9.78 Å². The number of carbonyl (C=O) groups excluding carboxylic acids is 3. The predicted octanol–water partition coefficient (Wildman–Crippen LogP) is -2.19. The molecule has 0 saturated carbocycles. The molecule has 3 amide bonds. The van der Waals surface area contributed by atoms with Crippen molar-refractivity contribution in [2.75, 3.05) is 18.1 Å². The largest absolute Gasteiger partial charge is 0.480 e. The van der Waals surface area contributed by atoms with E-state index in [0.717, 1.165) is 0 Å². The van der Waals surface area contributed by atoms with Gasteiger partial charge in [-0.05, 0) is 25.8 Å². The summed E-state index contributed by atoms with van der Waals surface area (Å²) in [6, 6.07) is -4.23. The molecule has 4 atom stereocenters. The Morgan fingerprint density at radius 2 is 1.62 bits per heavy atom. The zero-order valence-corrected chi connectivity index (χ0v) is 19.3. The van der Waals surface area contributed by atoms with Crippen molar-refractivity contribution >= 4 is 48.9 Å². The van der Waals surface area contributed by atoms with Gasteiger partial charge in [-0.2, -0.15) is 25.3 Å². The van der Waals surface area contributed by atoms with Gasteiger partial charge < -0.3 is 37.5 Å². The quantitative estimate of drug-likeness (QED) is 0.0974. The Bertz CT molecular complexity index is 750. The van der Waals surface area contributed by atoms with Gasteiger partial charge >= 0.3 is 5.97 Å². The highest BCUT2D eigenvalue weighted by Gasteiger charge is 2.30. The number of rotatable bonds is 15. The lowest BCUT2D eigenvalue weighted by atomic mass is 10.1. The molecule has 0 fully saturated rings. The van der Waals surface area contributed by atoms with Crippen molar-refractivity contribution in [2.24, 2.45) is 11.5 Å². The molecule has 0 aliphatic heterocycles. The maximum absolute atomic E-state index is 13.0. The molecule has 0 aromatic carbocycles. The van der Waals surface area contributed by atoms with Crippen LogP contribution in [0.1, 0.15) is 25.0 Å². The first-order chi connectivity index (χ1) is 15.2. The highest BCUT2D eigenvalue weighted by molar-refractivity contribution is 7.80. The second kappa shape index (κ2) is 14.7. The molecule has 1 heterocycles. The lowest BCUT2D eigenvalue weighted by Crippen LogP contribution is -2.58. The van der Waals surface area contributed by atoms with Gasteiger partial charge in [0.25, 0.3) is 0 Å². The van der Waals surface area contributed by atoms with Gasteiger partial charge in [-0.1, -0.05) is 0 Å². The molecular formula is C18H31N7O5S2. The summed E-state index contributed by atoms with van der Waals surface area (Å²) in [6.45, 7) is 0.420. The molecule has 9 N–H and O–H groups in total. The van der Waals surface area contributed by atoms with E-state index in [1.807, 2.05) is 0 Å². The molecule has 0 radical (unpaired) electrons. The SMILES string of the molecule is NCCCCC(NC(=O)C(N)CS)C(=O)NC(Cc1cnc[nH]1)C(=O)NC(CS)C(=O)O. The monoisotopic (exact) mass is 489 g/mol. The molecule has 0 saturated heterocycles. The maximum Gasteiger partial charge on any atom is 0.327 e. The number of nitrogens with two attached hydrogens (primary N) is 2. The lowest BCUT2D eigenvalue weighted by molar-refractivity contribution is -0.141. The fourth-order valence-electron chi connectivity index (χ4n) is 2.68. The smallest absolute Gasteiger partial charge is 0.327 e. The van der Waals surface area contributed by atoms with Gasteiger partial charge in [0.1, 0.15) is 18.1 Å². The molecule has 180 valence electrons. The van der Waals surface area contributed by atoms with Gasteiger partial charge in [-0.15, -0.1) is 0 Å². The van der Waals surface area contributed by atoms with Crippen molar-refractivity contribution in [3.05, 3.63) is 18.2 Å². The van der Waals surface area contributed by atoms with Crippen molar-refractivity contribution in [3.63, 3.8) is 0 Å². The van der Waals surface area contributed by atoms with Crippen LogP contribution in [0.15, 0.2) is 12.5 Å². The van der Waals surface area contributed by atoms with Crippen molar-refractivity contribution in [1.29, 1.82) is 0 Å². The molecule has 0 bridgehead atoms. The number of carbonyl (C=O) groups is 4. The number of unbranched alkanes of at least 4 members (excludes halogenated alkanes) is 1. The van der Waals surface area contributed by atoms with Crippen LogP contribution in [-0.4, -0.2) is 81.0 Å². The number of amides is 3. The summed E-state index contributed by atoms with van der Waals surface area (Å²) in [5, 5.41) is 16.7. The number of hydrogen-bond acceptors (Lipinski definition) is 9. The Kier molecular flexibility index (Phi) is 12.8. The number of hydrogen-bond donors (Lipinski definition) is 9. The van der Waals surface area contributed by atoms with Crippen LogP contribution in [0.5, 0.6) is 0 Å². The van der Waals surface area contributed by atoms with Gasteiger partial charge in [-0.3, -0.25) is 14.4 Å². The molecule has 32 heavy (non-hydrogen) atoms. The van der Waals surface area contributed by atoms with Gasteiger partial charge in [0.2, 0.25) is 17.7 Å². The third-order valence-corrected chi connectivity index (χ3v) is 5.28.